The fraction of sp³-hybridized carbons (Fsp3) is 0. The maximum Gasteiger partial charge on any atom is 0.123 e. The number of fused-ring (bicyclic) bond motifs is 1. The van der Waals surface area contributed by atoms with Gasteiger partial charge in [-0.15, -0.1) is 0 Å². The van der Waals surface area contributed by atoms with Crippen LogP contribution in [0.15, 0.2) is 54.7 Å². The Labute approximate surface area is 110 Å². The zero-order chi connectivity index (χ0) is 13.1. The van der Waals surface area contributed by atoms with Crippen LogP contribution in [0.3, 0.4) is 0 Å². The molecule has 0 unspecified atom stereocenters. The van der Waals surface area contributed by atoms with Crippen LogP contribution in [0.25, 0.3) is 23.1 Å². The van der Waals surface area contributed by atoms with Crippen LogP contribution in [0.5, 0.6) is 0 Å². The van der Waals surface area contributed by atoms with Crippen molar-refractivity contribution in [2.45, 2.75) is 0 Å². The van der Waals surface area contributed by atoms with Crippen molar-refractivity contribution in [1.29, 1.82) is 0 Å². The van der Waals surface area contributed by atoms with Gasteiger partial charge in [-0.2, -0.15) is 10.2 Å². The van der Waals surface area contributed by atoms with Crippen LogP contribution in [0.1, 0.15) is 11.1 Å². The number of halogens is 1. The van der Waals surface area contributed by atoms with Crippen molar-refractivity contribution in [3.05, 3.63) is 71.7 Å². The minimum Gasteiger partial charge on any atom is -0.207 e. The van der Waals surface area contributed by atoms with Gasteiger partial charge in [0.25, 0.3) is 0 Å². The highest BCUT2D eigenvalue weighted by molar-refractivity contribution is 5.89. The summed E-state index contributed by atoms with van der Waals surface area (Å²) in [4.78, 5) is 0. The van der Waals surface area contributed by atoms with Gasteiger partial charge in [0.1, 0.15) is 5.82 Å². The highest BCUT2D eigenvalue weighted by atomic mass is 19.1. The van der Waals surface area contributed by atoms with Gasteiger partial charge in [-0.3, -0.25) is 0 Å². The molecule has 0 atom stereocenters. The van der Waals surface area contributed by atoms with Crippen molar-refractivity contribution in [3.63, 3.8) is 0 Å². The van der Waals surface area contributed by atoms with Gasteiger partial charge in [-0.1, -0.05) is 42.5 Å². The Morgan fingerprint density at radius 3 is 2.53 bits per heavy atom. The minimum atomic E-state index is -0.229. The summed E-state index contributed by atoms with van der Waals surface area (Å²) in [5.74, 6) is -0.229. The van der Waals surface area contributed by atoms with Crippen LogP contribution in [-0.2, 0) is 0 Å². The summed E-state index contributed by atoms with van der Waals surface area (Å²) in [7, 11) is 0. The van der Waals surface area contributed by atoms with Gasteiger partial charge in [0.05, 0.1) is 11.7 Å². The van der Waals surface area contributed by atoms with E-state index >= 15 is 0 Å². The number of aromatic nitrogens is 2. The molecule has 0 saturated heterocycles. The van der Waals surface area contributed by atoms with Gasteiger partial charge in [0, 0.05) is 10.9 Å². The summed E-state index contributed by atoms with van der Waals surface area (Å²) < 4.78 is 12.8. The molecule has 1 aromatic heterocycles. The summed E-state index contributed by atoms with van der Waals surface area (Å²) >= 11 is 0. The standard InChI is InChI=1S/C16H11FN2/c17-14-9-6-12(7-10-14)5-8-13-11-18-19-16-4-2-1-3-15(13)16/h1-11H. The van der Waals surface area contributed by atoms with E-state index in [1.54, 1.807) is 18.3 Å². The predicted octanol–water partition coefficient (Wildman–Crippen LogP) is 3.94. The van der Waals surface area contributed by atoms with E-state index in [2.05, 4.69) is 10.2 Å². The molecule has 0 N–H and O–H groups in total. The maximum atomic E-state index is 12.8. The molecule has 0 radical (unpaired) electrons. The van der Waals surface area contributed by atoms with Crippen molar-refractivity contribution >= 4 is 23.1 Å². The first-order chi connectivity index (χ1) is 9.33. The third-order valence-corrected chi connectivity index (χ3v) is 2.90. The second-order valence-corrected chi connectivity index (χ2v) is 4.20. The number of rotatable bonds is 2. The molecule has 0 aliphatic carbocycles. The largest absolute Gasteiger partial charge is 0.207 e. The molecule has 3 aromatic rings. The lowest BCUT2D eigenvalue weighted by Crippen LogP contribution is -1.86. The number of hydrogen-bond acceptors (Lipinski definition) is 2. The first kappa shape index (κ1) is 11.5. The molecular formula is C16H11FN2. The smallest absolute Gasteiger partial charge is 0.123 e. The highest BCUT2D eigenvalue weighted by Crippen LogP contribution is 2.17. The average Bonchev–Trinajstić information content (AvgIpc) is 2.47. The van der Waals surface area contributed by atoms with Crippen LogP contribution >= 0.6 is 0 Å². The topological polar surface area (TPSA) is 25.8 Å². The number of hydrogen-bond donors (Lipinski definition) is 0. The summed E-state index contributed by atoms with van der Waals surface area (Å²) in [5.41, 5.74) is 2.81. The second-order valence-electron chi connectivity index (χ2n) is 4.20. The quantitative estimate of drug-likeness (QED) is 0.688. The van der Waals surface area contributed by atoms with E-state index < -0.39 is 0 Å². The van der Waals surface area contributed by atoms with E-state index in [0.717, 1.165) is 22.0 Å². The van der Waals surface area contributed by atoms with Gasteiger partial charge in [0.2, 0.25) is 0 Å². The molecule has 0 aliphatic heterocycles. The third-order valence-electron chi connectivity index (χ3n) is 2.90. The Balaban J connectivity index is 1.99. The second kappa shape index (κ2) is 4.98. The Kier molecular flexibility index (Phi) is 3.02. The SMILES string of the molecule is Fc1ccc(C=Cc2cnnc3ccccc23)cc1. The molecule has 0 saturated carbocycles. The first-order valence-corrected chi connectivity index (χ1v) is 5.97. The summed E-state index contributed by atoms with van der Waals surface area (Å²) in [6.45, 7) is 0. The zero-order valence-corrected chi connectivity index (χ0v) is 10.1. The molecule has 2 aromatic carbocycles. The van der Waals surface area contributed by atoms with Crippen molar-refractivity contribution in [2.75, 3.05) is 0 Å². The lowest BCUT2D eigenvalue weighted by molar-refractivity contribution is 0.628. The molecule has 0 amide bonds. The summed E-state index contributed by atoms with van der Waals surface area (Å²) in [6.07, 6.45) is 5.62. The Morgan fingerprint density at radius 2 is 1.68 bits per heavy atom. The zero-order valence-electron chi connectivity index (χ0n) is 10.1. The lowest BCUT2D eigenvalue weighted by atomic mass is 10.1. The Bertz CT molecular complexity index is 728. The molecule has 1 heterocycles. The molecule has 3 rings (SSSR count). The fourth-order valence-electron chi connectivity index (χ4n) is 1.92. The number of benzene rings is 2. The molecule has 0 aliphatic rings. The van der Waals surface area contributed by atoms with Crippen LogP contribution < -0.4 is 0 Å². The Hall–Kier alpha value is -2.55. The molecule has 3 heteroatoms. The van der Waals surface area contributed by atoms with Gasteiger partial charge < -0.3 is 0 Å². The van der Waals surface area contributed by atoms with Crippen molar-refractivity contribution < 1.29 is 4.39 Å². The van der Waals surface area contributed by atoms with Crippen LogP contribution in [0.2, 0.25) is 0 Å². The first-order valence-electron chi connectivity index (χ1n) is 5.97. The Morgan fingerprint density at radius 1 is 0.895 bits per heavy atom. The van der Waals surface area contributed by atoms with Crippen molar-refractivity contribution in [1.82, 2.24) is 10.2 Å². The molecule has 92 valence electrons. The van der Waals surface area contributed by atoms with Gasteiger partial charge in [-0.25, -0.2) is 4.39 Å². The van der Waals surface area contributed by atoms with E-state index in [9.17, 15) is 4.39 Å². The molecule has 0 spiro atoms. The van der Waals surface area contributed by atoms with E-state index in [1.165, 1.54) is 12.1 Å². The van der Waals surface area contributed by atoms with E-state index in [1.807, 2.05) is 36.4 Å². The predicted molar refractivity (Wildman–Crippen MR) is 74.9 cm³/mol. The van der Waals surface area contributed by atoms with E-state index in [0.29, 0.717) is 0 Å². The molecule has 19 heavy (non-hydrogen) atoms. The average molecular weight is 250 g/mol. The molecule has 2 nitrogen and oxygen atoms in total. The molecule has 0 fully saturated rings. The van der Waals surface area contributed by atoms with Crippen molar-refractivity contribution in [2.24, 2.45) is 0 Å². The minimum absolute atomic E-state index is 0.229. The monoisotopic (exact) mass is 250 g/mol. The van der Waals surface area contributed by atoms with Crippen LogP contribution in [0, 0.1) is 5.82 Å². The highest BCUT2D eigenvalue weighted by Gasteiger charge is 1.98. The fourth-order valence-corrected chi connectivity index (χ4v) is 1.92. The van der Waals surface area contributed by atoms with Crippen LogP contribution in [-0.4, -0.2) is 10.2 Å². The van der Waals surface area contributed by atoms with Gasteiger partial charge >= 0.3 is 0 Å². The van der Waals surface area contributed by atoms with Crippen molar-refractivity contribution in [3.8, 4) is 0 Å². The normalized spacial score (nSPS) is 11.2. The molecule has 0 bridgehead atoms. The van der Waals surface area contributed by atoms with Gasteiger partial charge in [-0.05, 0) is 23.8 Å². The van der Waals surface area contributed by atoms with Gasteiger partial charge in [0.15, 0.2) is 0 Å². The lowest BCUT2D eigenvalue weighted by Gasteiger charge is -1.99. The number of nitrogens with zero attached hydrogens (tertiary/aromatic N) is 2. The molecular weight excluding hydrogens is 239 g/mol. The van der Waals surface area contributed by atoms with E-state index in [4.69, 9.17) is 0 Å². The summed E-state index contributed by atoms with van der Waals surface area (Å²) in [6, 6.07) is 14.2. The van der Waals surface area contributed by atoms with Crippen LogP contribution in [0.4, 0.5) is 4.39 Å². The maximum absolute atomic E-state index is 12.8. The van der Waals surface area contributed by atoms with E-state index in [-0.39, 0.29) is 5.82 Å². The summed E-state index contributed by atoms with van der Waals surface area (Å²) in [5, 5.41) is 9.10. The third kappa shape index (κ3) is 2.50.